The molecule has 0 radical (unpaired) electrons. The molecule has 1 N–H and O–H groups in total. The number of amides is 1. The van der Waals surface area contributed by atoms with E-state index in [4.69, 9.17) is 9.15 Å². The summed E-state index contributed by atoms with van der Waals surface area (Å²) in [6, 6.07) is 3.42. The van der Waals surface area contributed by atoms with Gasteiger partial charge < -0.3 is 14.5 Å². The van der Waals surface area contributed by atoms with Crippen molar-refractivity contribution in [1.29, 1.82) is 0 Å². The van der Waals surface area contributed by atoms with Crippen LogP contribution < -0.4 is 5.32 Å². The summed E-state index contributed by atoms with van der Waals surface area (Å²) < 4.78 is 12.5. The molecular weight excluding hydrogens is 260 g/mol. The van der Waals surface area contributed by atoms with E-state index in [-0.39, 0.29) is 5.91 Å². The SMILES string of the molecule is CNC(=O)c1ccc(Cn2cc([C@@H]3CCOC3)nn2)o1. The lowest BCUT2D eigenvalue weighted by molar-refractivity contribution is 0.0933. The van der Waals surface area contributed by atoms with E-state index in [1.807, 2.05) is 6.20 Å². The summed E-state index contributed by atoms with van der Waals surface area (Å²) in [7, 11) is 1.57. The van der Waals surface area contributed by atoms with E-state index in [9.17, 15) is 4.79 Å². The second kappa shape index (κ2) is 5.46. The molecule has 106 valence electrons. The number of nitrogens with one attached hydrogen (secondary N) is 1. The molecule has 1 aliphatic heterocycles. The molecule has 3 rings (SSSR count). The lowest BCUT2D eigenvalue weighted by atomic mass is 10.1. The van der Waals surface area contributed by atoms with Gasteiger partial charge in [-0.05, 0) is 18.6 Å². The average Bonchev–Trinajstić information content (AvgIpc) is 3.19. The number of carbonyl (C=O) groups excluding carboxylic acids is 1. The highest BCUT2D eigenvalue weighted by atomic mass is 16.5. The molecule has 1 atom stereocenters. The molecule has 7 heteroatoms. The molecule has 3 heterocycles. The fourth-order valence-electron chi connectivity index (χ4n) is 2.21. The Kier molecular flexibility index (Phi) is 3.51. The highest BCUT2D eigenvalue weighted by molar-refractivity contribution is 5.91. The zero-order valence-corrected chi connectivity index (χ0v) is 11.2. The van der Waals surface area contributed by atoms with Crippen LogP contribution in [-0.4, -0.2) is 41.2 Å². The first-order chi connectivity index (χ1) is 9.76. The summed E-state index contributed by atoms with van der Waals surface area (Å²) in [6.45, 7) is 1.95. The summed E-state index contributed by atoms with van der Waals surface area (Å²) in [5.41, 5.74) is 0.945. The standard InChI is InChI=1S/C13H16N4O3/c1-14-13(18)12-3-2-10(20-12)6-17-7-11(15-16-17)9-4-5-19-8-9/h2-3,7,9H,4-6,8H2,1H3,(H,14,18)/t9-/m1/s1. The zero-order chi connectivity index (χ0) is 13.9. The van der Waals surface area contributed by atoms with Gasteiger partial charge in [-0.2, -0.15) is 0 Å². The Morgan fingerprint density at radius 2 is 2.45 bits per heavy atom. The topological polar surface area (TPSA) is 82.2 Å². The van der Waals surface area contributed by atoms with Gasteiger partial charge in [-0.1, -0.05) is 5.21 Å². The van der Waals surface area contributed by atoms with Gasteiger partial charge >= 0.3 is 0 Å². The Bertz CT molecular complexity index is 598. The van der Waals surface area contributed by atoms with Crippen molar-refractivity contribution < 1.29 is 13.9 Å². The number of hydrogen-bond donors (Lipinski definition) is 1. The Morgan fingerprint density at radius 3 is 3.20 bits per heavy atom. The van der Waals surface area contributed by atoms with Gasteiger partial charge in [0, 0.05) is 25.8 Å². The molecule has 2 aromatic rings. The van der Waals surface area contributed by atoms with Crippen molar-refractivity contribution >= 4 is 5.91 Å². The molecule has 0 unspecified atom stereocenters. The molecule has 1 amide bonds. The number of nitrogens with zero attached hydrogens (tertiary/aromatic N) is 3. The van der Waals surface area contributed by atoms with E-state index in [1.165, 1.54) is 0 Å². The molecule has 0 aromatic carbocycles. The highest BCUT2D eigenvalue weighted by Crippen LogP contribution is 2.22. The Morgan fingerprint density at radius 1 is 1.55 bits per heavy atom. The Hall–Kier alpha value is -2.15. The molecular formula is C13H16N4O3. The van der Waals surface area contributed by atoms with Gasteiger partial charge in [-0.25, -0.2) is 4.68 Å². The van der Waals surface area contributed by atoms with Gasteiger partial charge in [0.25, 0.3) is 5.91 Å². The predicted octanol–water partition coefficient (Wildman–Crippen LogP) is 0.783. The third-order valence-electron chi connectivity index (χ3n) is 3.33. The number of hydrogen-bond acceptors (Lipinski definition) is 5. The van der Waals surface area contributed by atoms with Crippen LogP contribution in [0.2, 0.25) is 0 Å². The lowest BCUT2D eigenvalue weighted by Gasteiger charge is -2.00. The molecule has 1 fully saturated rings. The summed E-state index contributed by atoms with van der Waals surface area (Å²) in [4.78, 5) is 11.4. The summed E-state index contributed by atoms with van der Waals surface area (Å²) in [6.07, 6.45) is 2.89. The van der Waals surface area contributed by atoms with E-state index in [2.05, 4.69) is 15.6 Å². The summed E-state index contributed by atoms with van der Waals surface area (Å²) >= 11 is 0. The minimum Gasteiger partial charge on any atom is -0.454 e. The van der Waals surface area contributed by atoms with Crippen molar-refractivity contribution in [2.45, 2.75) is 18.9 Å². The largest absolute Gasteiger partial charge is 0.454 e. The van der Waals surface area contributed by atoms with Gasteiger partial charge in [0.2, 0.25) is 0 Å². The normalized spacial score (nSPS) is 18.4. The predicted molar refractivity (Wildman–Crippen MR) is 69.4 cm³/mol. The minimum atomic E-state index is -0.237. The van der Waals surface area contributed by atoms with Crippen LogP contribution in [0, 0.1) is 0 Å². The molecule has 0 spiro atoms. The molecule has 2 aromatic heterocycles. The van der Waals surface area contributed by atoms with E-state index < -0.39 is 0 Å². The third kappa shape index (κ3) is 2.57. The monoisotopic (exact) mass is 276 g/mol. The van der Waals surface area contributed by atoms with Crippen molar-refractivity contribution in [3.63, 3.8) is 0 Å². The minimum absolute atomic E-state index is 0.237. The van der Waals surface area contributed by atoms with E-state index in [0.29, 0.717) is 30.6 Å². The summed E-state index contributed by atoms with van der Waals surface area (Å²) in [5, 5.41) is 10.8. The van der Waals surface area contributed by atoms with E-state index in [0.717, 1.165) is 18.7 Å². The molecule has 0 bridgehead atoms. The van der Waals surface area contributed by atoms with Crippen molar-refractivity contribution in [3.05, 3.63) is 35.5 Å². The second-order valence-electron chi connectivity index (χ2n) is 4.75. The zero-order valence-electron chi connectivity index (χ0n) is 11.2. The lowest BCUT2D eigenvalue weighted by Crippen LogP contribution is -2.16. The fourth-order valence-corrected chi connectivity index (χ4v) is 2.21. The smallest absolute Gasteiger partial charge is 0.286 e. The molecule has 1 saturated heterocycles. The van der Waals surface area contributed by atoms with Crippen molar-refractivity contribution in [2.24, 2.45) is 0 Å². The molecule has 1 aliphatic rings. The highest BCUT2D eigenvalue weighted by Gasteiger charge is 2.21. The fraction of sp³-hybridized carbons (Fsp3) is 0.462. The van der Waals surface area contributed by atoms with Crippen LogP contribution in [0.5, 0.6) is 0 Å². The number of aromatic nitrogens is 3. The molecule has 7 nitrogen and oxygen atoms in total. The Labute approximate surface area is 115 Å². The molecule has 0 aliphatic carbocycles. The first kappa shape index (κ1) is 12.9. The first-order valence-electron chi connectivity index (χ1n) is 6.55. The maximum absolute atomic E-state index is 11.4. The van der Waals surface area contributed by atoms with Crippen LogP contribution in [-0.2, 0) is 11.3 Å². The van der Waals surface area contributed by atoms with E-state index in [1.54, 1.807) is 23.9 Å². The number of carbonyl (C=O) groups is 1. The van der Waals surface area contributed by atoms with Crippen LogP contribution in [0.4, 0.5) is 0 Å². The van der Waals surface area contributed by atoms with Gasteiger partial charge in [-0.15, -0.1) is 5.10 Å². The van der Waals surface area contributed by atoms with Gasteiger partial charge in [-0.3, -0.25) is 4.79 Å². The number of ether oxygens (including phenoxy) is 1. The van der Waals surface area contributed by atoms with Gasteiger partial charge in [0.15, 0.2) is 5.76 Å². The average molecular weight is 276 g/mol. The quantitative estimate of drug-likeness (QED) is 0.892. The van der Waals surface area contributed by atoms with Gasteiger partial charge in [0.05, 0.1) is 12.3 Å². The van der Waals surface area contributed by atoms with Crippen molar-refractivity contribution in [1.82, 2.24) is 20.3 Å². The Balaban J connectivity index is 1.68. The van der Waals surface area contributed by atoms with Gasteiger partial charge in [0.1, 0.15) is 12.3 Å². The van der Waals surface area contributed by atoms with Crippen LogP contribution in [0.15, 0.2) is 22.7 Å². The third-order valence-corrected chi connectivity index (χ3v) is 3.33. The van der Waals surface area contributed by atoms with Crippen molar-refractivity contribution in [3.8, 4) is 0 Å². The number of rotatable bonds is 4. The second-order valence-corrected chi connectivity index (χ2v) is 4.75. The van der Waals surface area contributed by atoms with E-state index >= 15 is 0 Å². The molecule has 20 heavy (non-hydrogen) atoms. The molecule has 0 saturated carbocycles. The van der Waals surface area contributed by atoms with Crippen LogP contribution in [0.1, 0.15) is 34.3 Å². The van der Waals surface area contributed by atoms with Crippen LogP contribution in [0.3, 0.4) is 0 Å². The van der Waals surface area contributed by atoms with Crippen molar-refractivity contribution in [2.75, 3.05) is 20.3 Å². The summed E-state index contributed by atoms with van der Waals surface area (Å²) in [5.74, 6) is 1.06. The maximum Gasteiger partial charge on any atom is 0.286 e. The van der Waals surface area contributed by atoms with Crippen LogP contribution >= 0.6 is 0 Å². The number of furan rings is 1. The maximum atomic E-state index is 11.4. The van der Waals surface area contributed by atoms with Crippen LogP contribution in [0.25, 0.3) is 0 Å². The first-order valence-corrected chi connectivity index (χ1v) is 6.55.